The summed E-state index contributed by atoms with van der Waals surface area (Å²) in [4.78, 5) is 38.0. The molecule has 6 nitrogen and oxygen atoms in total. The Morgan fingerprint density at radius 3 is 2.18 bits per heavy atom. The minimum Gasteiger partial charge on any atom is -0.448 e. The smallest absolute Gasteiger partial charge is 0.355 e. The van der Waals surface area contributed by atoms with Crippen LogP contribution in [0.2, 0.25) is 0 Å². The molecule has 0 unspecified atom stereocenters. The minimum absolute atomic E-state index is 0.0240. The number of amides is 2. The van der Waals surface area contributed by atoms with Crippen molar-refractivity contribution in [3.63, 3.8) is 0 Å². The Hall–Kier alpha value is -3.41. The molecule has 1 N–H and O–H groups in total. The van der Waals surface area contributed by atoms with Crippen LogP contribution in [0.25, 0.3) is 6.08 Å². The summed E-state index contributed by atoms with van der Waals surface area (Å²) in [5.74, 6) is -1.51. The van der Waals surface area contributed by atoms with Crippen molar-refractivity contribution in [3.8, 4) is 0 Å². The van der Waals surface area contributed by atoms with Crippen LogP contribution in [0.15, 0.2) is 66.4 Å². The Bertz CT molecular complexity index is 847. The predicted octanol–water partition coefficient (Wildman–Crippen LogP) is 2.75. The summed E-state index contributed by atoms with van der Waals surface area (Å²) < 4.78 is 5.29. The van der Waals surface area contributed by atoms with Crippen molar-refractivity contribution in [1.29, 1.82) is 0 Å². The number of nitrogens with one attached hydrogen (secondary N) is 1. The van der Waals surface area contributed by atoms with Crippen LogP contribution in [0.3, 0.4) is 0 Å². The molecule has 0 fully saturated rings. The van der Waals surface area contributed by atoms with Gasteiger partial charge in [0.05, 0.1) is 0 Å². The molecule has 1 atom stereocenters. The first-order valence-corrected chi connectivity index (χ1v) is 8.91. The number of nitrogens with zero attached hydrogens (tertiary/aromatic N) is 1. The molecule has 6 heteroatoms. The van der Waals surface area contributed by atoms with E-state index in [0.29, 0.717) is 6.54 Å². The maximum atomic E-state index is 12.5. The second-order valence-corrected chi connectivity index (χ2v) is 6.38. The number of carbonyl (C=O) groups is 3. The van der Waals surface area contributed by atoms with E-state index in [1.807, 2.05) is 48.5 Å². The molecule has 0 aromatic heterocycles. The fourth-order valence-corrected chi connectivity index (χ4v) is 2.57. The quantitative estimate of drug-likeness (QED) is 0.592. The number of carbonyl (C=O) groups excluding carboxylic acids is 3. The molecular formula is C22H24N2O4. The van der Waals surface area contributed by atoms with Crippen LogP contribution < -0.4 is 5.32 Å². The number of benzene rings is 2. The molecule has 0 aliphatic rings. The highest BCUT2D eigenvalue weighted by molar-refractivity contribution is 5.98. The van der Waals surface area contributed by atoms with Crippen LogP contribution >= 0.6 is 0 Å². The Kier molecular flexibility index (Phi) is 7.51. The molecule has 0 spiro atoms. The summed E-state index contributed by atoms with van der Waals surface area (Å²) in [6, 6.07) is 18.6. The molecule has 0 saturated carbocycles. The largest absolute Gasteiger partial charge is 0.448 e. The van der Waals surface area contributed by atoms with E-state index in [-0.39, 0.29) is 11.6 Å². The van der Waals surface area contributed by atoms with Gasteiger partial charge in [0, 0.05) is 20.5 Å². The van der Waals surface area contributed by atoms with Crippen molar-refractivity contribution in [2.24, 2.45) is 0 Å². The molecule has 146 valence electrons. The maximum Gasteiger partial charge on any atom is 0.355 e. The van der Waals surface area contributed by atoms with Crippen molar-refractivity contribution in [2.75, 3.05) is 7.05 Å². The van der Waals surface area contributed by atoms with Crippen molar-refractivity contribution in [1.82, 2.24) is 10.2 Å². The van der Waals surface area contributed by atoms with Gasteiger partial charge in [-0.15, -0.1) is 0 Å². The molecule has 2 aromatic carbocycles. The number of esters is 1. The van der Waals surface area contributed by atoms with E-state index in [4.69, 9.17) is 4.74 Å². The average molecular weight is 380 g/mol. The summed E-state index contributed by atoms with van der Waals surface area (Å²) in [6.07, 6.45) is 0.517. The Morgan fingerprint density at radius 1 is 1.04 bits per heavy atom. The summed E-state index contributed by atoms with van der Waals surface area (Å²) in [6.45, 7) is 3.21. The first-order chi connectivity index (χ1) is 13.4. The van der Waals surface area contributed by atoms with Crippen molar-refractivity contribution in [2.45, 2.75) is 26.5 Å². The van der Waals surface area contributed by atoms with Crippen LogP contribution in [0.4, 0.5) is 0 Å². The number of hydrogen-bond acceptors (Lipinski definition) is 4. The fraction of sp³-hybridized carbons (Fsp3) is 0.227. The molecule has 2 aromatic rings. The van der Waals surface area contributed by atoms with Gasteiger partial charge >= 0.3 is 5.97 Å². The van der Waals surface area contributed by atoms with Gasteiger partial charge < -0.3 is 15.0 Å². The van der Waals surface area contributed by atoms with E-state index in [2.05, 4.69) is 5.32 Å². The Labute approximate surface area is 164 Å². The van der Waals surface area contributed by atoms with Gasteiger partial charge in [0.2, 0.25) is 5.91 Å². The van der Waals surface area contributed by atoms with Gasteiger partial charge in [-0.05, 0) is 24.1 Å². The molecule has 0 bridgehead atoms. The van der Waals surface area contributed by atoms with Crippen molar-refractivity contribution >= 4 is 23.9 Å². The van der Waals surface area contributed by atoms with Crippen molar-refractivity contribution in [3.05, 3.63) is 77.5 Å². The SMILES string of the molecule is CC(=O)N/C(=C\c1ccccc1)C(=O)O[C@H](C)C(=O)N(C)Cc1ccccc1. The average Bonchev–Trinajstić information content (AvgIpc) is 2.68. The number of rotatable bonds is 7. The van der Waals surface area contributed by atoms with Gasteiger partial charge in [-0.25, -0.2) is 4.79 Å². The van der Waals surface area contributed by atoms with E-state index in [0.717, 1.165) is 11.1 Å². The molecule has 2 amide bonds. The predicted molar refractivity (Wildman–Crippen MR) is 107 cm³/mol. The lowest BCUT2D eigenvalue weighted by atomic mass is 10.2. The molecule has 0 aliphatic heterocycles. The van der Waals surface area contributed by atoms with Crippen LogP contribution in [0.1, 0.15) is 25.0 Å². The topological polar surface area (TPSA) is 75.7 Å². The summed E-state index contributed by atoms with van der Waals surface area (Å²) in [5, 5.41) is 2.46. The lowest BCUT2D eigenvalue weighted by molar-refractivity contribution is -0.156. The zero-order valence-corrected chi connectivity index (χ0v) is 16.2. The zero-order chi connectivity index (χ0) is 20.5. The third-order valence-electron chi connectivity index (χ3n) is 3.91. The van der Waals surface area contributed by atoms with Gasteiger partial charge in [-0.3, -0.25) is 9.59 Å². The van der Waals surface area contributed by atoms with Crippen molar-refractivity contribution < 1.29 is 19.1 Å². The molecule has 28 heavy (non-hydrogen) atoms. The normalized spacial score (nSPS) is 12.0. The third-order valence-corrected chi connectivity index (χ3v) is 3.91. The van der Waals surface area contributed by atoms with Gasteiger partial charge in [-0.2, -0.15) is 0 Å². The Balaban J connectivity index is 2.05. The minimum atomic E-state index is -0.992. The number of ether oxygens (including phenoxy) is 1. The van der Waals surface area contributed by atoms with Gasteiger partial charge in [0.15, 0.2) is 6.10 Å². The van der Waals surface area contributed by atoms with Gasteiger partial charge in [-0.1, -0.05) is 60.7 Å². The molecular weight excluding hydrogens is 356 g/mol. The molecule has 0 saturated heterocycles. The standard InChI is InChI=1S/C22H24N2O4/c1-16(21(26)24(3)15-19-12-8-5-9-13-19)28-22(27)20(23-17(2)25)14-18-10-6-4-7-11-18/h4-14,16H,15H2,1-3H3,(H,23,25)/b20-14-/t16-/m1/s1. The van der Waals surface area contributed by atoms with E-state index in [1.165, 1.54) is 24.8 Å². The molecule has 0 heterocycles. The lowest BCUT2D eigenvalue weighted by Gasteiger charge is -2.22. The van der Waals surface area contributed by atoms with E-state index < -0.39 is 18.0 Å². The zero-order valence-electron chi connectivity index (χ0n) is 16.2. The first-order valence-electron chi connectivity index (χ1n) is 8.91. The summed E-state index contributed by atoms with van der Waals surface area (Å²) >= 11 is 0. The number of likely N-dealkylation sites (N-methyl/N-ethyl adjacent to an activating group) is 1. The fourth-order valence-electron chi connectivity index (χ4n) is 2.57. The maximum absolute atomic E-state index is 12.5. The van der Waals surface area contributed by atoms with Crippen LogP contribution in [-0.2, 0) is 25.7 Å². The second-order valence-electron chi connectivity index (χ2n) is 6.38. The molecule has 0 aliphatic carbocycles. The third kappa shape index (κ3) is 6.39. The van der Waals surface area contributed by atoms with Crippen LogP contribution in [0.5, 0.6) is 0 Å². The summed E-state index contributed by atoms with van der Waals surface area (Å²) in [5.41, 5.74) is 1.67. The molecule has 0 radical (unpaired) electrons. The van der Waals surface area contributed by atoms with E-state index in [1.54, 1.807) is 19.2 Å². The first kappa shape index (κ1) is 20.9. The van der Waals surface area contributed by atoms with E-state index >= 15 is 0 Å². The Morgan fingerprint density at radius 2 is 1.61 bits per heavy atom. The highest BCUT2D eigenvalue weighted by Gasteiger charge is 2.24. The van der Waals surface area contributed by atoms with Crippen LogP contribution in [0, 0.1) is 0 Å². The molecule has 2 rings (SSSR count). The number of hydrogen-bond donors (Lipinski definition) is 1. The monoisotopic (exact) mass is 380 g/mol. The van der Waals surface area contributed by atoms with E-state index in [9.17, 15) is 14.4 Å². The highest BCUT2D eigenvalue weighted by Crippen LogP contribution is 2.10. The second kappa shape index (κ2) is 10.1. The van der Waals surface area contributed by atoms with Gasteiger partial charge in [0.1, 0.15) is 5.70 Å². The highest BCUT2D eigenvalue weighted by atomic mass is 16.5. The van der Waals surface area contributed by atoms with Gasteiger partial charge in [0.25, 0.3) is 5.91 Å². The van der Waals surface area contributed by atoms with Crippen LogP contribution in [-0.4, -0.2) is 35.8 Å². The lowest BCUT2D eigenvalue weighted by Crippen LogP contribution is -2.38. The summed E-state index contributed by atoms with van der Waals surface area (Å²) in [7, 11) is 1.65.